The van der Waals surface area contributed by atoms with E-state index in [4.69, 9.17) is 48.2 Å². The number of nitrogens with two attached hydrogens (primary N) is 1. The van der Waals surface area contributed by atoms with Crippen LogP contribution in [0.4, 0.5) is 56.9 Å². The molecule has 0 amide bonds. The molecule has 0 aromatic heterocycles. The number of nitrogens with zero attached hydrogens (tertiary/aromatic N) is 3. The number of halogens is 2. The molecule has 1 fully saturated rings. The zero-order valence-corrected chi connectivity index (χ0v) is 59.2. The van der Waals surface area contributed by atoms with Crippen molar-refractivity contribution >= 4 is 108 Å². The molecule has 0 radical (unpaired) electrons. The minimum absolute atomic E-state index is 0.367. The second-order valence-electron chi connectivity index (χ2n) is 22.3. The zero-order chi connectivity index (χ0) is 67.7. The van der Waals surface area contributed by atoms with Gasteiger partial charge in [0.05, 0.1) is 61.0 Å². The number of para-hydroxylation sites is 2. The zero-order valence-electron chi connectivity index (χ0n) is 55.5. The standard InChI is InChI=1S/C26H30BNO4.C20H18BrNO2.C20H19NO2.C7H7IO.C6H7N/c1-25(2)26(3,4)32-27(31-25)19-7-9-20(10-8-19)28(21-11-15-23(29-5)16-12-21)22-13-17-24(30-6)18-14-22;1-23-19-11-7-17(8-12-19)22(16-5-3-15(21)4-6-16)18-9-13-20(24-2)14-10-18;1-22-19-12-8-17(9-13-19)21(16-6-4-3-5-7-16)18-10-14-20(23-2)15-11-18;1-9-7-4-2-6(8)3-5-7;7-6-4-2-1-3-5-6/h7-18H,1-6H3;3-14H,1-2H3;3-15H,1-2H3;2-5H,1H3;1-5H,7H2. The summed E-state index contributed by atoms with van der Waals surface area (Å²) in [6, 6.07) is 92.4. The third-order valence-corrected chi connectivity index (χ3v) is 16.9. The third kappa shape index (κ3) is 20.0. The lowest BCUT2D eigenvalue weighted by Gasteiger charge is -2.32. The molecule has 0 atom stereocenters. The van der Waals surface area contributed by atoms with Crippen molar-refractivity contribution in [3.63, 3.8) is 0 Å². The van der Waals surface area contributed by atoms with Crippen molar-refractivity contribution in [2.24, 2.45) is 0 Å². The molecule has 0 spiro atoms. The van der Waals surface area contributed by atoms with Crippen LogP contribution in [0.25, 0.3) is 0 Å². The lowest BCUT2D eigenvalue weighted by atomic mass is 9.79. The Morgan fingerprint density at radius 3 is 0.747 bits per heavy atom. The molecule has 95 heavy (non-hydrogen) atoms. The van der Waals surface area contributed by atoms with Crippen molar-refractivity contribution < 1.29 is 42.5 Å². The van der Waals surface area contributed by atoms with Crippen LogP contribution in [-0.2, 0) is 9.31 Å². The van der Waals surface area contributed by atoms with Gasteiger partial charge in [-0.1, -0.05) is 64.5 Å². The van der Waals surface area contributed by atoms with Crippen LogP contribution in [0.1, 0.15) is 27.7 Å². The minimum Gasteiger partial charge on any atom is -0.497 e. The predicted molar refractivity (Wildman–Crippen MR) is 403 cm³/mol. The molecule has 0 saturated carbocycles. The van der Waals surface area contributed by atoms with Gasteiger partial charge in [0.1, 0.15) is 40.2 Å². The topological polar surface area (TPSA) is 119 Å². The van der Waals surface area contributed by atoms with Crippen molar-refractivity contribution in [2.75, 3.05) is 70.2 Å². The SMILES string of the molecule is COc1ccc(I)cc1.COc1ccc(N(c2ccc(Br)cc2)c2ccc(OC)cc2)cc1.COc1ccc(N(c2ccc(OC)cc2)c2ccc(B3OC(C)(C)C(C)(C)O3)cc2)cc1.COc1ccc(N(c2ccccc2)c2ccc(OC)cc2)cc1.Nc1ccccc1. The molecule has 0 aliphatic carbocycles. The highest BCUT2D eigenvalue weighted by atomic mass is 127. The van der Waals surface area contributed by atoms with Gasteiger partial charge in [0.2, 0.25) is 0 Å². The van der Waals surface area contributed by atoms with Crippen LogP contribution < -0.4 is 59.1 Å². The van der Waals surface area contributed by atoms with Crippen LogP contribution in [0.3, 0.4) is 0 Å². The van der Waals surface area contributed by atoms with Crippen molar-refractivity contribution in [3.8, 4) is 40.2 Å². The summed E-state index contributed by atoms with van der Waals surface area (Å²) in [7, 11) is 11.3. The summed E-state index contributed by atoms with van der Waals surface area (Å²) >= 11 is 5.75. The molecule has 488 valence electrons. The molecule has 1 saturated heterocycles. The van der Waals surface area contributed by atoms with Crippen molar-refractivity contribution in [3.05, 3.63) is 287 Å². The van der Waals surface area contributed by atoms with Gasteiger partial charge < -0.3 is 62.9 Å². The molecule has 0 bridgehead atoms. The Hall–Kier alpha value is -9.59. The van der Waals surface area contributed by atoms with E-state index in [1.807, 2.05) is 206 Å². The van der Waals surface area contributed by atoms with Gasteiger partial charge in [-0.05, 0) is 286 Å². The lowest BCUT2D eigenvalue weighted by Crippen LogP contribution is -2.41. The number of ether oxygens (including phenoxy) is 7. The summed E-state index contributed by atoms with van der Waals surface area (Å²) in [6.45, 7) is 8.26. The van der Waals surface area contributed by atoms with Gasteiger partial charge in [-0.3, -0.25) is 0 Å². The van der Waals surface area contributed by atoms with Gasteiger partial charge in [0.25, 0.3) is 0 Å². The van der Waals surface area contributed by atoms with Crippen molar-refractivity contribution in [1.29, 1.82) is 0 Å². The van der Waals surface area contributed by atoms with Gasteiger partial charge in [-0.2, -0.15) is 0 Å². The monoisotopic (exact) mass is 1450 g/mol. The van der Waals surface area contributed by atoms with E-state index in [1.54, 1.807) is 49.8 Å². The molecular weight excluding hydrogens is 1370 g/mol. The van der Waals surface area contributed by atoms with Gasteiger partial charge >= 0.3 is 7.12 Å². The Kier molecular flexibility index (Phi) is 26.3. The van der Waals surface area contributed by atoms with Crippen molar-refractivity contribution in [1.82, 2.24) is 0 Å². The molecule has 11 aromatic rings. The molecule has 11 aromatic carbocycles. The van der Waals surface area contributed by atoms with E-state index in [0.717, 1.165) is 107 Å². The largest absolute Gasteiger partial charge is 0.497 e. The van der Waals surface area contributed by atoms with Gasteiger partial charge in [0, 0.05) is 64.9 Å². The van der Waals surface area contributed by atoms with Crippen LogP contribution in [0.15, 0.2) is 284 Å². The van der Waals surface area contributed by atoms with E-state index in [0.29, 0.717) is 0 Å². The van der Waals surface area contributed by atoms with E-state index in [2.05, 4.69) is 154 Å². The molecule has 0 unspecified atom stereocenters. The first kappa shape index (κ1) is 71.3. The molecule has 16 heteroatoms. The molecule has 1 heterocycles. The maximum absolute atomic E-state index is 6.21. The Morgan fingerprint density at radius 1 is 0.305 bits per heavy atom. The van der Waals surface area contributed by atoms with E-state index < -0.39 is 0 Å². The average molecular weight is 1450 g/mol. The summed E-state index contributed by atoms with van der Waals surface area (Å²) < 4.78 is 51.4. The number of nitrogen functional groups attached to an aromatic ring is 1. The summed E-state index contributed by atoms with van der Waals surface area (Å²) in [5.74, 6) is 5.91. The highest BCUT2D eigenvalue weighted by molar-refractivity contribution is 14.1. The van der Waals surface area contributed by atoms with Crippen LogP contribution in [-0.4, -0.2) is 68.1 Å². The smallest absolute Gasteiger partial charge is 0.494 e. The number of hydrogen-bond donors (Lipinski definition) is 1. The van der Waals surface area contributed by atoms with Gasteiger partial charge in [0.15, 0.2) is 0 Å². The molecule has 1 aliphatic heterocycles. The first-order chi connectivity index (χ1) is 46.0. The predicted octanol–water partition coefficient (Wildman–Crippen LogP) is 20.2. The van der Waals surface area contributed by atoms with Gasteiger partial charge in [-0.15, -0.1) is 0 Å². The number of hydrogen-bond acceptors (Lipinski definition) is 13. The van der Waals surface area contributed by atoms with Gasteiger partial charge in [-0.25, -0.2) is 0 Å². The Labute approximate surface area is 582 Å². The number of benzene rings is 11. The Morgan fingerprint density at radius 2 is 0.516 bits per heavy atom. The highest BCUT2D eigenvalue weighted by Crippen LogP contribution is 2.41. The van der Waals surface area contributed by atoms with E-state index in [-0.39, 0.29) is 18.3 Å². The summed E-state index contributed by atoms with van der Waals surface area (Å²) in [6.07, 6.45) is 0. The molecule has 12 rings (SSSR count). The summed E-state index contributed by atoms with van der Waals surface area (Å²) in [4.78, 5) is 6.57. The molecule has 2 N–H and O–H groups in total. The highest BCUT2D eigenvalue weighted by Gasteiger charge is 2.51. The fraction of sp³-hybridized carbons (Fsp3) is 0.165. The Balaban J connectivity index is 0.000000165. The second kappa shape index (κ2) is 35.1. The summed E-state index contributed by atoms with van der Waals surface area (Å²) in [5.41, 5.74) is 16.0. The quantitative estimate of drug-likeness (QED) is 0.0530. The number of anilines is 10. The Bertz CT molecular complexity index is 3860. The first-order valence-electron chi connectivity index (χ1n) is 30.6. The van der Waals surface area contributed by atoms with E-state index >= 15 is 0 Å². The number of rotatable bonds is 17. The second-order valence-corrected chi connectivity index (χ2v) is 24.4. The van der Waals surface area contributed by atoms with Crippen LogP contribution in [0.2, 0.25) is 0 Å². The molecule has 13 nitrogen and oxygen atoms in total. The third-order valence-electron chi connectivity index (χ3n) is 15.6. The van der Waals surface area contributed by atoms with Crippen LogP contribution in [0, 0.1) is 3.57 Å². The van der Waals surface area contributed by atoms with Crippen molar-refractivity contribution in [2.45, 2.75) is 38.9 Å². The average Bonchev–Trinajstić information content (AvgIpc) is 1.67. The van der Waals surface area contributed by atoms with E-state index in [9.17, 15) is 0 Å². The minimum atomic E-state index is -0.385. The van der Waals surface area contributed by atoms with E-state index in [1.165, 1.54) is 3.57 Å². The normalized spacial score (nSPS) is 12.2. The molecule has 1 aliphatic rings. The van der Waals surface area contributed by atoms with Crippen LogP contribution >= 0.6 is 38.5 Å². The molecular formula is C79H81BBrIN4O9. The lowest BCUT2D eigenvalue weighted by molar-refractivity contribution is 0.00578. The first-order valence-corrected chi connectivity index (χ1v) is 32.5. The number of methoxy groups -OCH3 is 7. The fourth-order valence-corrected chi connectivity index (χ4v) is 10.3. The maximum atomic E-state index is 6.21. The fourth-order valence-electron chi connectivity index (χ4n) is 9.68. The van der Waals surface area contributed by atoms with Crippen LogP contribution in [0.5, 0.6) is 40.2 Å². The maximum Gasteiger partial charge on any atom is 0.494 e. The summed E-state index contributed by atoms with van der Waals surface area (Å²) in [5, 5.41) is 0.